The van der Waals surface area contributed by atoms with Crippen molar-refractivity contribution >= 4 is 5.78 Å². The summed E-state index contributed by atoms with van der Waals surface area (Å²) in [6.07, 6.45) is 3.38. The predicted octanol–water partition coefficient (Wildman–Crippen LogP) is 1.48. The van der Waals surface area contributed by atoms with Crippen molar-refractivity contribution in [2.45, 2.75) is 45.6 Å². The SMILES string of the molecule is CCCC(=O)C(N)CCC. The van der Waals surface area contributed by atoms with Gasteiger partial charge in [-0.05, 0) is 12.8 Å². The van der Waals surface area contributed by atoms with Gasteiger partial charge in [-0.2, -0.15) is 0 Å². The van der Waals surface area contributed by atoms with E-state index in [0.29, 0.717) is 6.42 Å². The van der Waals surface area contributed by atoms with Crippen molar-refractivity contribution in [2.24, 2.45) is 5.73 Å². The van der Waals surface area contributed by atoms with Crippen LogP contribution in [0.15, 0.2) is 0 Å². The third-order valence-electron chi connectivity index (χ3n) is 1.51. The second-order valence-electron chi connectivity index (χ2n) is 2.61. The van der Waals surface area contributed by atoms with E-state index in [-0.39, 0.29) is 11.8 Å². The first kappa shape index (κ1) is 9.63. The Bertz CT molecular complexity index is 101. The van der Waals surface area contributed by atoms with E-state index >= 15 is 0 Å². The molecule has 0 radical (unpaired) electrons. The fourth-order valence-electron chi connectivity index (χ4n) is 0.904. The number of ketones is 1. The summed E-state index contributed by atoms with van der Waals surface area (Å²) in [6, 6.07) is -0.204. The largest absolute Gasteiger partial charge is 0.322 e. The van der Waals surface area contributed by atoms with Crippen molar-refractivity contribution in [2.75, 3.05) is 0 Å². The molecule has 0 saturated carbocycles. The molecule has 0 aromatic heterocycles. The van der Waals surface area contributed by atoms with Gasteiger partial charge in [0.2, 0.25) is 0 Å². The standard InChI is InChI=1S/C8H17NO/c1-3-5-7(9)8(10)6-4-2/h7H,3-6,9H2,1-2H3. The molecule has 0 aliphatic carbocycles. The Kier molecular flexibility index (Phi) is 5.22. The highest BCUT2D eigenvalue weighted by Gasteiger charge is 2.09. The van der Waals surface area contributed by atoms with E-state index in [4.69, 9.17) is 5.73 Å². The van der Waals surface area contributed by atoms with E-state index in [1.165, 1.54) is 0 Å². The fraction of sp³-hybridized carbons (Fsp3) is 0.875. The van der Waals surface area contributed by atoms with E-state index < -0.39 is 0 Å². The van der Waals surface area contributed by atoms with Crippen LogP contribution in [0.3, 0.4) is 0 Å². The molecule has 60 valence electrons. The van der Waals surface area contributed by atoms with Gasteiger partial charge in [-0.25, -0.2) is 0 Å². The van der Waals surface area contributed by atoms with Gasteiger partial charge in [0.25, 0.3) is 0 Å². The Morgan fingerprint density at radius 3 is 2.40 bits per heavy atom. The average Bonchev–Trinajstić information content (AvgIpc) is 1.89. The van der Waals surface area contributed by atoms with Crippen LogP contribution in [-0.4, -0.2) is 11.8 Å². The third-order valence-corrected chi connectivity index (χ3v) is 1.51. The summed E-state index contributed by atoms with van der Waals surface area (Å²) < 4.78 is 0. The summed E-state index contributed by atoms with van der Waals surface area (Å²) in [4.78, 5) is 11.0. The monoisotopic (exact) mass is 143 g/mol. The quantitative estimate of drug-likeness (QED) is 0.633. The lowest BCUT2D eigenvalue weighted by Crippen LogP contribution is -2.29. The Morgan fingerprint density at radius 2 is 2.00 bits per heavy atom. The molecule has 0 saturated heterocycles. The first-order valence-electron chi connectivity index (χ1n) is 4.00. The van der Waals surface area contributed by atoms with Gasteiger partial charge in [0.1, 0.15) is 5.78 Å². The number of hydrogen-bond donors (Lipinski definition) is 1. The van der Waals surface area contributed by atoms with E-state index in [2.05, 4.69) is 0 Å². The van der Waals surface area contributed by atoms with E-state index in [1.54, 1.807) is 0 Å². The first-order chi connectivity index (χ1) is 4.72. The van der Waals surface area contributed by atoms with Crippen LogP contribution in [0.2, 0.25) is 0 Å². The summed E-state index contributed by atoms with van der Waals surface area (Å²) >= 11 is 0. The first-order valence-corrected chi connectivity index (χ1v) is 4.00. The second-order valence-corrected chi connectivity index (χ2v) is 2.61. The van der Waals surface area contributed by atoms with Gasteiger partial charge in [0, 0.05) is 6.42 Å². The van der Waals surface area contributed by atoms with Crippen LogP contribution >= 0.6 is 0 Å². The highest BCUT2D eigenvalue weighted by Crippen LogP contribution is 1.99. The topological polar surface area (TPSA) is 43.1 Å². The van der Waals surface area contributed by atoms with Crippen molar-refractivity contribution in [3.05, 3.63) is 0 Å². The highest BCUT2D eigenvalue weighted by atomic mass is 16.1. The maximum Gasteiger partial charge on any atom is 0.149 e. The minimum Gasteiger partial charge on any atom is -0.322 e. The second kappa shape index (κ2) is 5.42. The summed E-state index contributed by atoms with van der Waals surface area (Å²) in [7, 11) is 0. The zero-order chi connectivity index (χ0) is 7.98. The maximum absolute atomic E-state index is 11.0. The van der Waals surface area contributed by atoms with Gasteiger partial charge < -0.3 is 5.73 Å². The lowest BCUT2D eigenvalue weighted by molar-refractivity contribution is -0.120. The maximum atomic E-state index is 11.0. The van der Waals surface area contributed by atoms with Gasteiger partial charge in [0.15, 0.2) is 0 Å². The molecular weight excluding hydrogens is 126 g/mol. The van der Waals surface area contributed by atoms with Crippen molar-refractivity contribution in [3.63, 3.8) is 0 Å². The number of carbonyl (C=O) groups is 1. The lowest BCUT2D eigenvalue weighted by Gasteiger charge is -2.06. The molecule has 0 heterocycles. The van der Waals surface area contributed by atoms with Gasteiger partial charge in [0.05, 0.1) is 6.04 Å². The van der Waals surface area contributed by atoms with Crippen LogP contribution in [0.4, 0.5) is 0 Å². The zero-order valence-electron chi connectivity index (χ0n) is 6.89. The van der Waals surface area contributed by atoms with Crippen molar-refractivity contribution in [1.82, 2.24) is 0 Å². The number of Topliss-reactive ketones (excluding diaryl/α,β-unsaturated/α-hetero) is 1. The van der Waals surface area contributed by atoms with Gasteiger partial charge in [-0.15, -0.1) is 0 Å². The lowest BCUT2D eigenvalue weighted by atomic mass is 10.1. The van der Waals surface area contributed by atoms with Gasteiger partial charge >= 0.3 is 0 Å². The summed E-state index contributed by atoms with van der Waals surface area (Å²) in [5.41, 5.74) is 5.56. The van der Waals surface area contributed by atoms with Gasteiger partial charge in [-0.3, -0.25) is 4.79 Å². The predicted molar refractivity (Wildman–Crippen MR) is 42.8 cm³/mol. The number of nitrogens with two attached hydrogens (primary N) is 1. The van der Waals surface area contributed by atoms with Crippen LogP contribution in [0.25, 0.3) is 0 Å². The molecule has 0 spiro atoms. The van der Waals surface area contributed by atoms with Crippen molar-refractivity contribution < 1.29 is 4.79 Å². The normalized spacial score (nSPS) is 13.1. The Hall–Kier alpha value is -0.370. The summed E-state index contributed by atoms with van der Waals surface area (Å²) in [6.45, 7) is 4.04. The molecule has 10 heavy (non-hydrogen) atoms. The molecule has 2 heteroatoms. The van der Waals surface area contributed by atoms with Crippen LogP contribution in [0.1, 0.15) is 39.5 Å². The van der Waals surface area contributed by atoms with Gasteiger partial charge in [-0.1, -0.05) is 20.3 Å². The molecule has 0 aliphatic heterocycles. The minimum absolute atomic E-state index is 0.204. The molecule has 0 fully saturated rings. The molecule has 0 bridgehead atoms. The molecule has 1 unspecified atom stereocenters. The summed E-state index contributed by atoms with van der Waals surface area (Å²) in [5, 5.41) is 0. The van der Waals surface area contributed by atoms with E-state index in [9.17, 15) is 4.79 Å². The minimum atomic E-state index is -0.204. The zero-order valence-corrected chi connectivity index (χ0v) is 6.89. The Labute approximate surface area is 62.8 Å². The molecule has 0 aromatic rings. The molecule has 0 rings (SSSR count). The highest BCUT2D eigenvalue weighted by molar-refractivity contribution is 5.83. The van der Waals surface area contributed by atoms with Crippen LogP contribution in [-0.2, 0) is 4.79 Å². The fourth-order valence-corrected chi connectivity index (χ4v) is 0.904. The Morgan fingerprint density at radius 1 is 1.40 bits per heavy atom. The van der Waals surface area contributed by atoms with Crippen LogP contribution < -0.4 is 5.73 Å². The molecule has 2 N–H and O–H groups in total. The van der Waals surface area contributed by atoms with Crippen LogP contribution in [0, 0.1) is 0 Å². The van der Waals surface area contributed by atoms with Crippen molar-refractivity contribution in [3.8, 4) is 0 Å². The molecule has 0 amide bonds. The van der Waals surface area contributed by atoms with E-state index in [1.807, 2.05) is 13.8 Å². The number of carbonyl (C=O) groups excluding carboxylic acids is 1. The van der Waals surface area contributed by atoms with Crippen LogP contribution in [0.5, 0.6) is 0 Å². The molecule has 0 aromatic carbocycles. The number of hydrogen-bond acceptors (Lipinski definition) is 2. The van der Waals surface area contributed by atoms with Crippen molar-refractivity contribution in [1.29, 1.82) is 0 Å². The summed E-state index contributed by atoms with van der Waals surface area (Å²) in [5.74, 6) is 0.212. The number of rotatable bonds is 5. The Balaban J connectivity index is 3.49. The average molecular weight is 143 g/mol. The smallest absolute Gasteiger partial charge is 0.149 e. The molecule has 1 atom stereocenters. The van der Waals surface area contributed by atoms with E-state index in [0.717, 1.165) is 19.3 Å². The molecule has 2 nitrogen and oxygen atoms in total. The molecule has 0 aliphatic rings. The molecular formula is C8H17NO. The third kappa shape index (κ3) is 3.62.